The number of aromatic nitrogens is 3. The Hall–Kier alpha value is -2.67. The molecule has 7 heteroatoms. The summed E-state index contributed by atoms with van der Waals surface area (Å²) in [5.74, 6) is 0. The van der Waals surface area contributed by atoms with Crippen LogP contribution < -0.4 is 0 Å². The molecule has 0 aliphatic carbocycles. The second kappa shape index (κ2) is 7.06. The van der Waals surface area contributed by atoms with E-state index in [2.05, 4.69) is 10.3 Å². The molecule has 2 aromatic carbocycles. The van der Waals surface area contributed by atoms with E-state index < -0.39 is 11.7 Å². The molecule has 0 bridgehead atoms. The lowest BCUT2D eigenvalue weighted by atomic mass is 9.97. The first-order valence-electron chi connectivity index (χ1n) is 7.73. The average molecular weight is 347 g/mol. The smallest absolute Gasteiger partial charge is 0.394 e. The monoisotopic (exact) mass is 347 g/mol. The number of nitrogens with zero attached hydrogens (tertiary/aromatic N) is 3. The average Bonchev–Trinajstić information content (AvgIpc) is 3.04. The number of hydrogen-bond donors (Lipinski definition) is 1. The summed E-state index contributed by atoms with van der Waals surface area (Å²) in [6.45, 7) is 0.323. The normalized spacial score (nSPS) is 11.7. The fourth-order valence-corrected chi connectivity index (χ4v) is 2.59. The lowest BCUT2D eigenvalue weighted by molar-refractivity contribution is -0.137. The summed E-state index contributed by atoms with van der Waals surface area (Å²) in [5.41, 5.74) is 2.60. The quantitative estimate of drug-likeness (QED) is 0.768. The molecule has 0 amide bonds. The fourth-order valence-electron chi connectivity index (χ4n) is 2.59. The van der Waals surface area contributed by atoms with E-state index in [-0.39, 0.29) is 6.61 Å². The number of alkyl halides is 3. The summed E-state index contributed by atoms with van der Waals surface area (Å²) < 4.78 is 39.5. The van der Waals surface area contributed by atoms with Gasteiger partial charge in [-0.15, -0.1) is 5.10 Å². The maximum atomic E-state index is 12.7. The molecular weight excluding hydrogens is 331 g/mol. The molecule has 130 valence electrons. The van der Waals surface area contributed by atoms with Crippen LogP contribution in [0.2, 0.25) is 0 Å². The van der Waals surface area contributed by atoms with Gasteiger partial charge in [-0.1, -0.05) is 41.6 Å². The van der Waals surface area contributed by atoms with Crippen molar-refractivity contribution in [2.75, 3.05) is 6.61 Å². The van der Waals surface area contributed by atoms with Crippen LogP contribution in [0, 0.1) is 0 Å². The van der Waals surface area contributed by atoms with Gasteiger partial charge < -0.3 is 5.11 Å². The summed E-state index contributed by atoms with van der Waals surface area (Å²) in [6, 6.07) is 12.7. The van der Waals surface area contributed by atoms with Crippen LogP contribution in [-0.4, -0.2) is 26.7 Å². The van der Waals surface area contributed by atoms with E-state index in [1.54, 1.807) is 10.9 Å². The minimum atomic E-state index is -4.33. The largest absolute Gasteiger partial charge is 0.416 e. The molecule has 0 aliphatic rings. The van der Waals surface area contributed by atoms with Crippen molar-refractivity contribution in [2.45, 2.75) is 19.1 Å². The van der Waals surface area contributed by atoms with Gasteiger partial charge in [0.05, 0.1) is 24.9 Å². The van der Waals surface area contributed by atoms with Gasteiger partial charge in [0, 0.05) is 5.56 Å². The van der Waals surface area contributed by atoms with Crippen LogP contribution in [0.1, 0.15) is 16.7 Å². The number of rotatable bonds is 5. The zero-order chi connectivity index (χ0) is 17.9. The number of hydrogen-bond acceptors (Lipinski definition) is 3. The topological polar surface area (TPSA) is 50.9 Å². The van der Waals surface area contributed by atoms with Gasteiger partial charge in [0.15, 0.2) is 0 Å². The van der Waals surface area contributed by atoms with Gasteiger partial charge >= 0.3 is 6.18 Å². The Morgan fingerprint density at radius 3 is 2.40 bits per heavy atom. The third kappa shape index (κ3) is 4.06. The third-order valence-corrected chi connectivity index (χ3v) is 3.84. The molecule has 0 unspecified atom stereocenters. The van der Waals surface area contributed by atoms with Crippen LogP contribution in [0.25, 0.3) is 11.3 Å². The van der Waals surface area contributed by atoms with Crippen molar-refractivity contribution in [3.63, 3.8) is 0 Å². The van der Waals surface area contributed by atoms with Crippen LogP contribution in [0.3, 0.4) is 0 Å². The number of halogens is 3. The highest BCUT2D eigenvalue weighted by Crippen LogP contribution is 2.30. The fraction of sp³-hybridized carbons (Fsp3) is 0.222. The van der Waals surface area contributed by atoms with Gasteiger partial charge in [-0.25, -0.2) is 4.68 Å². The Labute approximate surface area is 142 Å². The second-order valence-electron chi connectivity index (χ2n) is 5.62. The van der Waals surface area contributed by atoms with Crippen molar-refractivity contribution in [1.82, 2.24) is 15.0 Å². The van der Waals surface area contributed by atoms with Crippen molar-refractivity contribution in [2.24, 2.45) is 0 Å². The van der Waals surface area contributed by atoms with E-state index in [1.165, 1.54) is 12.1 Å². The van der Waals surface area contributed by atoms with E-state index >= 15 is 0 Å². The molecule has 0 radical (unpaired) electrons. The number of aliphatic hydroxyl groups excluding tert-OH is 1. The van der Waals surface area contributed by atoms with Crippen molar-refractivity contribution in [3.05, 3.63) is 71.4 Å². The number of aliphatic hydroxyl groups is 1. The van der Waals surface area contributed by atoms with E-state index in [0.29, 0.717) is 18.7 Å². The minimum Gasteiger partial charge on any atom is -0.394 e. The van der Waals surface area contributed by atoms with E-state index in [1.807, 2.05) is 24.3 Å². The van der Waals surface area contributed by atoms with E-state index in [9.17, 15) is 13.2 Å². The van der Waals surface area contributed by atoms with Gasteiger partial charge in [0.1, 0.15) is 5.69 Å². The molecule has 1 heterocycles. The molecule has 0 atom stereocenters. The van der Waals surface area contributed by atoms with Crippen molar-refractivity contribution in [1.29, 1.82) is 0 Å². The Balaban J connectivity index is 1.85. The van der Waals surface area contributed by atoms with Crippen molar-refractivity contribution in [3.8, 4) is 11.3 Å². The molecule has 0 saturated carbocycles. The van der Waals surface area contributed by atoms with E-state index in [4.69, 9.17) is 5.11 Å². The van der Waals surface area contributed by atoms with Gasteiger partial charge in [-0.05, 0) is 29.7 Å². The highest BCUT2D eigenvalue weighted by atomic mass is 19.4. The standard InChI is InChI=1S/C18H16F3N3O/c19-18(20,21)15-7-5-13(6-8-15)11-14-3-1-2-4-16(14)17-12-24(9-10-25)23-22-17/h1-8,12,25H,9-11H2. The van der Waals surface area contributed by atoms with Crippen molar-refractivity contribution < 1.29 is 18.3 Å². The Morgan fingerprint density at radius 1 is 1.00 bits per heavy atom. The predicted molar refractivity (Wildman–Crippen MR) is 86.8 cm³/mol. The lowest BCUT2D eigenvalue weighted by Gasteiger charge is -2.09. The maximum Gasteiger partial charge on any atom is 0.416 e. The highest BCUT2D eigenvalue weighted by Gasteiger charge is 2.29. The summed E-state index contributed by atoms with van der Waals surface area (Å²) in [7, 11) is 0. The zero-order valence-electron chi connectivity index (χ0n) is 13.2. The van der Waals surface area contributed by atoms with Gasteiger partial charge in [-0.2, -0.15) is 13.2 Å². The zero-order valence-corrected chi connectivity index (χ0v) is 13.2. The minimum absolute atomic E-state index is 0.0317. The Kier molecular flexibility index (Phi) is 4.85. The number of benzene rings is 2. The molecule has 3 aromatic rings. The Bertz CT molecular complexity index is 841. The van der Waals surface area contributed by atoms with Crippen LogP contribution in [0.15, 0.2) is 54.7 Å². The molecule has 0 aliphatic heterocycles. The molecule has 3 rings (SSSR count). The summed E-state index contributed by atoms with van der Waals surface area (Å²) >= 11 is 0. The van der Waals surface area contributed by atoms with E-state index in [0.717, 1.165) is 28.8 Å². The molecule has 25 heavy (non-hydrogen) atoms. The molecule has 0 saturated heterocycles. The van der Waals surface area contributed by atoms with Crippen LogP contribution in [0.4, 0.5) is 13.2 Å². The lowest BCUT2D eigenvalue weighted by Crippen LogP contribution is -2.04. The third-order valence-electron chi connectivity index (χ3n) is 3.84. The van der Waals surface area contributed by atoms with Crippen LogP contribution in [-0.2, 0) is 19.1 Å². The summed E-state index contributed by atoms with van der Waals surface area (Å²) in [4.78, 5) is 0. The molecule has 1 N–H and O–H groups in total. The van der Waals surface area contributed by atoms with Gasteiger partial charge in [0.2, 0.25) is 0 Å². The molecular formula is C18H16F3N3O. The SMILES string of the molecule is OCCn1cc(-c2ccccc2Cc2ccc(C(F)(F)F)cc2)nn1. The Morgan fingerprint density at radius 2 is 1.72 bits per heavy atom. The maximum absolute atomic E-state index is 12.7. The first kappa shape index (κ1) is 17.2. The molecule has 1 aromatic heterocycles. The van der Waals surface area contributed by atoms with Crippen LogP contribution >= 0.6 is 0 Å². The first-order valence-corrected chi connectivity index (χ1v) is 7.73. The molecule has 4 nitrogen and oxygen atoms in total. The highest BCUT2D eigenvalue weighted by molar-refractivity contribution is 5.63. The molecule has 0 spiro atoms. The van der Waals surface area contributed by atoms with Crippen LogP contribution in [0.5, 0.6) is 0 Å². The summed E-state index contributed by atoms with van der Waals surface area (Å²) in [6.07, 6.45) is -2.11. The predicted octanol–water partition coefficient (Wildman–Crippen LogP) is 3.55. The second-order valence-corrected chi connectivity index (χ2v) is 5.62. The van der Waals surface area contributed by atoms with Gasteiger partial charge in [0.25, 0.3) is 0 Å². The first-order chi connectivity index (χ1) is 12.0. The van der Waals surface area contributed by atoms with Gasteiger partial charge in [-0.3, -0.25) is 0 Å². The van der Waals surface area contributed by atoms with Crippen molar-refractivity contribution >= 4 is 0 Å². The molecule has 0 fully saturated rings. The summed E-state index contributed by atoms with van der Waals surface area (Å²) in [5, 5.41) is 17.0.